The number of piperidine rings is 1. The van der Waals surface area contributed by atoms with Crippen molar-refractivity contribution in [1.29, 1.82) is 0 Å². The second kappa shape index (κ2) is 8.98. The standard InChI is InChI=1S/C22H25ClN4O3S/c1-16-5-6-17(23)13-19(16)25-22(28)9-12-26-15-24-20-14-18(7-8-21(20)26)31(29,30)27-10-3-2-4-11-27/h5-8,13-15H,2-4,9-12H2,1H3,(H,25,28). The number of carbonyl (C=O) groups is 1. The minimum Gasteiger partial charge on any atom is -0.330 e. The van der Waals surface area contributed by atoms with E-state index in [4.69, 9.17) is 11.6 Å². The normalized spacial score (nSPS) is 15.3. The van der Waals surface area contributed by atoms with Crippen molar-refractivity contribution in [3.8, 4) is 0 Å². The molecule has 0 aliphatic carbocycles. The Morgan fingerprint density at radius 1 is 1.13 bits per heavy atom. The molecule has 1 saturated heterocycles. The van der Waals surface area contributed by atoms with Gasteiger partial charge in [-0.25, -0.2) is 13.4 Å². The number of nitrogens with zero attached hydrogens (tertiary/aromatic N) is 3. The van der Waals surface area contributed by atoms with Crippen molar-refractivity contribution < 1.29 is 13.2 Å². The first-order chi connectivity index (χ1) is 14.8. The third-order valence-corrected chi connectivity index (χ3v) is 7.73. The van der Waals surface area contributed by atoms with Gasteiger partial charge < -0.3 is 9.88 Å². The van der Waals surface area contributed by atoms with Crippen LogP contribution in [0, 0.1) is 6.92 Å². The number of aryl methyl sites for hydroxylation is 2. The molecule has 164 valence electrons. The topological polar surface area (TPSA) is 84.3 Å². The number of carbonyl (C=O) groups excluding carboxylic acids is 1. The minimum absolute atomic E-state index is 0.128. The van der Waals surface area contributed by atoms with Crippen molar-refractivity contribution in [2.45, 2.75) is 44.0 Å². The summed E-state index contributed by atoms with van der Waals surface area (Å²) in [6.07, 6.45) is 4.75. The Labute approximate surface area is 187 Å². The lowest BCUT2D eigenvalue weighted by Gasteiger charge is -2.25. The Morgan fingerprint density at radius 3 is 2.68 bits per heavy atom. The van der Waals surface area contributed by atoms with Gasteiger partial charge in [-0.15, -0.1) is 0 Å². The number of halogens is 1. The van der Waals surface area contributed by atoms with Gasteiger partial charge in [0.1, 0.15) is 0 Å². The quantitative estimate of drug-likeness (QED) is 0.597. The maximum atomic E-state index is 12.9. The van der Waals surface area contributed by atoms with Gasteiger partial charge in [-0.2, -0.15) is 4.31 Å². The molecule has 0 unspecified atom stereocenters. The monoisotopic (exact) mass is 460 g/mol. The summed E-state index contributed by atoms with van der Waals surface area (Å²) in [4.78, 5) is 17.0. The molecule has 0 radical (unpaired) electrons. The number of sulfonamides is 1. The second-order valence-electron chi connectivity index (χ2n) is 7.81. The first kappa shape index (κ1) is 21.8. The van der Waals surface area contributed by atoms with Gasteiger partial charge in [-0.1, -0.05) is 24.1 Å². The van der Waals surface area contributed by atoms with E-state index in [-0.39, 0.29) is 17.2 Å². The molecule has 4 rings (SSSR count). The van der Waals surface area contributed by atoms with Gasteiger partial charge in [0.25, 0.3) is 0 Å². The molecule has 1 aliphatic rings. The molecule has 0 spiro atoms. The maximum Gasteiger partial charge on any atom is 0.243 e. The molecule has 2 heterocycles. The van der Waals surface area contributed by atoms with Crippen molar-refractivity contribution in [2.24, 2.45) is 0 Å². The van der Waals surface area contributed by atoms with Crippen molar-refractivity contribution in [2.75, 3.05) is 18.4 Å². The summed E-state index contributed by atoms with van der Waals surface area (Å²) in [6.45, 7) is 3.47. The largest absolute Gasteiger partial charge is 0.330 e. The van der Waals surface area contributed by atoms with E-state index >= 15 is 0 Å². The number of amides is 1. The molecule has 1 aliphatic heterocycles. The van der Waals surface area contributed by atoms with Crippen molar-refractivity contribution in [1.82, 2.24) is 13.9 Å². The summed E-state index contributed by atoms with van der Waals surface area (Å²) >= 11 is 6.01. The number of rotatable bonds is 6. The summed E-state index contributed by atoms with van der Waals surface area (Å²) in [5.41, 5.74) is 3.03. The van der Waals surface area contributed by atoms with E-state index < -0.39 is 10.0 Å². The first-order valence-corrected chi connectivity index (χ1v) is 12.2. The van der Waals surface area contributed by atoms with Gasteiger partial charge in [-0.05, 0) is 55.7 Å². The highest BCUT2D eigenvalue weighted by Crippen LogP contribution is 2.24. The van der Waals surface area contributed by atoms with Gasteiger partial charge in [0.15, 0.2) is 0 Å². The van der Waals surface area contributed by atoms with Gasteiger partial charge in [-0.3, -0.25) is 4.79 Å². The molecule has 0 bridgehead atoms. The Hall–Kier alpha value is -2.42. The molecule has 2 aromatic carbocycles. The van der Waals surface area contributed by atoms with Crippen LogP contribution in [0.25, 0.3) is 11.0 Å². The summed E-state index contributed by atoms with van der Waals surface area (Å²) in [5.74, 6) is -0.128. The van der Waals surface area contributed by atoms with E-state index in [1.54, 1.807) is 41.0 Å². The molecule has 1 N–H and O–H groups in total. The van der Waals surface area contributed by atoms with E-state index in [1.165, 1.54) is 0 Å². The highest BCUT2D eigenvalue weighted by atomic mass is 35.5. The van der Waals surface area contributed by atoms with E-state index in [9.17, 15) is 13.2 Å². The smallest absolute Gasteiger partial charge is 0.243 e. The van der Waals surface area contributed by atoms with Crippen LogP contribution >= 0.6 is 11.6 Å². The molecule has 31 heavy (non-hydrogen) atoms. The third kappa shape index (κ3) is 4.76. The highest BCUT2D eigenvalue weighted by Gasteiger charge is 2.26. The number of aromatic nitrogens is 2. The van der Waals surface area contributed by atoms with Crippen LogP contribution in [-0.2, 0) is 21.4 Å². The Bertz CT molecular complexity index is 1220. The second-order valence-corrected chi connectivity index (χ2v) is 10.2. The van der Waals surface area contributed by atoms with Crippen molar-refractivity contribution in [3.05, 3.63) is 53.3 Å². The zero-order chi connectivity index (χ0) is 22.0. The predicted molar refractivity (Wildman–Crippen MR) is 122 cm³/mol. The van der Waals surface area contributed by atoms with Crippen LogP contribution in [0.4, 0.5) is 5.69 Å². The average Bonchev–Trinajstić information content (AvgIpc) is 3.18. The van der Waals surface area contributed by atoms with E-state index in [1.807, 2.05) is 17.6 Å². The maximum absolute atomic E-state index is 12.9. The van der Waals surface area contributed by atoms with E-state index in [0.717, 1.165) is 30.3 Å². The number of imidazole rings is 1. The van der Waals surface area contributed by atoms with Crippen LogP contribution in [0.1, 0.15) is 31.2 Å². The average molecular weight is 461 g/mol. The highest BCUT2D eigenvalue weighted by molar-refractivity contribution is 7.89. The molecule has 1 aromatic heterocycles. The van der Waals surface area contributed by atoms with E-state index in [0.29, 0.717) is 35.9 Å². The summed E-state index contributed by atoms with van der Waals surface area (Å²) < 4.78 is 29.2. The molecule has 1 amide bonds. The third-order valence-electron chi connectivity index (χ3n) is 5.60. The van der Waals surface area contributed by atoms with Crippen LogP contribution < -0.4 is 5.32 Å². The number of hydrogen-bond donors (Lipinski definition) is 1. The lowest BCUT2D eigenvalue weighted by atomic mass is 10.2. The predicted octanol–water partition coefficient (Wildman–Crippen LogP) is 4.20. The Morgan fingerprint density at radius 2 is 1.90 bits per heavy atom. The zero-order valence-corrected chi connectivity index (χ0v) is 18.9. The van der Waals surface area contributed by atoms with Crippen LogP contribution in [0.3, 0.4) is 0 Å². The van der Waals surface area contributed by atoms with Crippen LogP contribution in [-0.4, -0.2) is 41.3 Å². The van der Waals surface area contributed by atoms with Gasteiger partial charge in [0.05, 0.1) is 22.3 Å². The van der Waals surface area contributed by atoms with Gasteiger partial charge >= 0.3 is 0 Å². The molecule has 1 fully saturated rings. The zero-order valence-electron chi connectivity index (χ0n) is 17.3. The molecule has 7 nitrogen and oxygen atoms in total. The molecular weight excluding hydrogens is 436 g/mol. The van der Waals surface area contributed by atoms with Crippen molar-refractivity contribution in [3.63, 3.8) is 0 Å². The summed E-state index contributed by atoms with van der Waals surface area (Å²) in [7, 11) is -3.50. The number of benzene rings is 2. The first-order valence-electron chi connectivity index (χ1n) is 10.4. The Kier molecular flexibility index (Phi) is 6.31. The summed E-state index contributed by atoms with van der Waals surface area (Å²) in [5, 5.41) is 3.45. The number of fused-ring (bicyclic) bond motifs is 1. The number of anilines is 1. The SMILES string of the molecule is Cc1ccc(Cl)cc1NC(=O)CCn1cnc2cc(S(=O)(=O)N3CCCCC3)ccc21. The van der Waals surface area contributed by atoms with Crippen LogP contribution in [0.5, 0.6) is 0 Å². The van der Waals surface area contributed by atoms with Crippen LogP contribution in [0.2, 0.25) is 5.02 Å². The fraction of sp³-hybridized carbons (Fsp3) is 0.364. The van der Waals surface area contributed by atoms with Crippen LogP contribution in [0.15, 0.2) is 47.6 Å². The molecule has 9 heteroatoms. The molecule has 3 aromatic rings. The van der Waals surface area contributed by atoms with Crippen molar-refractivity contribution >= 4 is 44.3 Å². The van der Waals surface area contributed by atoms with E-state index in [2.05, 4.69) is 10.3 Å². The summed E-state index contributed by atoms with van der Waals surface area (Å²) in [6, 6.07) is 10.4. The fourth-order valence-corrected chi connectivity index (χ4v) is 5.51. The Balaban J connectivity index is 1.46. The lowest BCUT2D eigenvalue weighted by Crippen LogP contribution is -2.35. The number of hydrogen-bond acceptors (Lipinski definition) is 4. The molecule has 0 atom stereocenters. The lowest BCUT2D eigenvalue weighted by molar-refractivity contribution is -0.116. The fourth-order valence-electron chi connectivity index (χ4n) is 3.80. The number of nitrogens with one attached hydrogen (secondary N) is 1. The van der Waals surface area contributed by atoms with Gasteiger partial charge in [0.2, 0.25) is 15.9 Å². The molecular formula is C22H25ClN4O3S. The van der Waals surface area contributed by atoms with Gasteiger partial charge in [0, 0.05) is 36.8 Å². The molecule has 0 saturated carbocycles. The minimum atomic E-state index is -3.50.